The summed E-state index contributed by atoms with van der Waals surface area (Å²) in [5.74, 6) is -0.404. The summed E-state index contributed by atoms with van der Waals surface area (Å²) in [6.45, 7) is 0.658. The minimum absolute atomic E-state index is 0.0574. The molecular weight excluding hydrogens is 261 g/mol. The molecule has 1 heterocycles. The number of hydrogen-bond donors (Lipinski definition) is 2. The molecule has 3 nitrogen and oxygen atoms in total. The molecule has 5 heteroatoms. The zero-order valence-corrected chi connectivity index (χ0v) is 11.1. The van der Waals surface area contributed by atoms with E-state index in [1.54, 1.807) is 18.3 Å². The highest BCUT2D eigenvalue weighted by atomic mass is 32.1. The summed E-state index contributed by atoms with van der Waals surface area (Å²) >= 11 is 4.87. The minimum Gasteiger partial charge on any atom is -0.389 e. The van der Waals surface area contributed by atoms with Gasteiger partial charge < -0.3 is 11.1 Å². The van der Waals surface area contributed by atoms with E-state index in [1.807, 2.05) is 18.3 Å². The third-order valence-corrected chi connectivity index (χ3v) is 2.92. The highest BCUT2D eigenvalue weighted by molar-refractivity contribution is 7.80. The third-order valence-electron chi connectivity index (χ3n) is 2.71. The van der Waals surface area contributed by atoms with E-state index in [2.05, 4.69) is 10.3 Å². The molecule has 0 bridgehead atoms. The van der Waals surface area contributed by atoms with Crippen molar-refractivity contribution in [3.63, 3.8) is 0 Å². The Morgan fingerprint density at radius 3 is 2.84 bits per heavy atom. The first-order valence-electron chi connectivity index (χ1n) is 5.89. The molecule has 0 aliphatic carbocycles. The predicted molar refractivity (Wildman–Crippen MR) is 78.7 cm³/mol. The van der Waals surface area contributed by atoms with E-state index < -0.39 is 5.82 Å². The van der Waals surface area contributed by atoms with Crippen LogP contribution in [-0.2, 0) is 6.42 Å². The Morgan fingerprint density at radius 2 is 2.16 bits per heavy atom. The Hall–Kier alpha value is -2.01. The SMILES string of the molecule is NC(=S)c1c(F)cccc1NCCc1cccnc1. The highest BCUT2D eigenvalue weighted by Gasteiger charge is 2.10. The van der Waals surface area contributed by atoms with Crippen molar-refractivity contribution in [2.24, 2.45) is 5.73 Å². The number of hydrogen-bond acceptors (Lipinski definition) is 3. The van der Waals surface area contributed by atoms with Crippen LogP contribution in [0.1, 0.15) is 11.1 Å². The van der Waals surface area contributed by atoms with Gasteiger partial charge in [-0.2, -0.15) is 0 Å². The molecule has 0 unspecified atom stereocenters. The Balaban J connectivity index is 2.04. The second-order valence-corrected chi connectivity index (χ2v) is 4.50. The molecule has 0 saturated heterocycles. The highest BCUT2D eigenvalue weighted by Crippen LogP contribution is 2.18. The van der Waals surface area contributed by atoms with Crippen LogP contribution in [0.15, 0.2) is 42.7 Å². The number of nitrogens with two attached hydrogens (primary N) is 1. The first kappa shape index (κ1) is 13.4. The predicted octanol–water partition coefficient (Wildman–Crippen LogP) is 2.51. The number of pyridine rings is 1. The summed E-state index contributed by atoms with van der Waals surface area (Å²) in [4.78, 5) is 4.10. The lowest BCUT2D eigenvalue weighted by molar-refractivity contribution is 0.626. The van der Waals surface area contributed by atoms with Gasteiger partial charge in [-0.1, -0.05) is 24.4 Å². The summed E-state index contributed by atoms with van der Waals surface area (Å²) in [5.41, 5.74) is 7.54. The molecule has 0 saturated carbocycles. The largest absolute Gasteiger partial charge is 0.389 e. The molecule has 19 heavy (non-hydrogen) atoms. The van der Waals surface area contributed by atoms with E-state index in [0.29, 0.717) is 12.2 Å². The van der Waals surface area contributed by atoms with E-state index in [9.17, 15) is 4.39 Å². The van der Waals surface area contributed by atoms with Gasteiger partial charge in [-0.3, -0.25) is 4.98 Å². The monoisotopic (exact) mass is 275 g/mol. The zero-order valence-electron chi connectivity index (χ0n) is 10.3. The van der Waals surface area contributed by atoms with Crippen molar-refractivity contribution in [3.8, 4) is 0 Å². The smallest absolute Gasteiger partial charge is 0.135 e. The van der Waals surface area contributed by atoms with Crippen LogP contribution in [-0.4, -0.2) is 16.5 Å². The van der Waals surface area contributed by atoms with Gasteiger partial charge in [0.25, 0.3) is 0 Å². The van der Waals surface area contributed by atoms with E-state index in [0.717, 1.165) is 12.0 Å². The van der Waals surface area contributed by atoms with Crippen molar-refractivity contribution in [2.75, 3.05) is 11.9 Å². The molecule has 3 N–H and O–H groups in total. The van der Waals surface area contributed by atoms with Crippen LogP contribution in [0.25, 0.3) is 0 Å². The minimum atomic E-state index is -0.404. The van der Waals surface area contributed by atoms with Gasteiger partial charge in [0.15, 0.2) is 0 Å². The van der Waals surface area contributed by atoms with Crippen LogP contribution >= 0.6 is 12.2 Å². The Bertz CT molecular complexity index is 572. The number of benzene rings is 1. The molecular formula is C14H14FN3S. The molecule has 1 aromatic heterocycles. The lowest BCUT2D eigenvalue weighted by atomic mass is 10.1. The standard InChI is InChI=1S/C14H14FN3S/c15-11-4-1-5-12(13(11)14(16)19)18-8-6-10-3-2-7-17-9-10/h1-5,7,9,18H,6,8H2,(H2,16,19). The molecule has 0 amide bonds. The van der Waals surface area contributed by atoms with Gasteiger partial charge in [0.1, 0.15) is 10.8 Å². The number of halogens is 1. The quantitative estimate of drug-likeness (QED) is 0.823. The number of nitrogens with one attached hydrogen (secondary N) is 1. The average Bonchev–Trinajstić information content (AvgIpc) is 2.39. The molecule has 2 aromatic rings. The fourth-order valence-electron chi connectivity index (χ4n) is 1.81. The Morgan fingerprint density at radius 1 is 1.32 bits per heavy atom. The Labute approximate surface area is 116 Å². The summed E-state index contributed by atoms with van der Waals surface area (Å²) in [7, 11) is 0. The lowest BCUT2D eigenvalue weighted by Gasteiger charge is -2.11. The van der Waals surface area contributed by atoms with Gasteiger partial charge in [-0.15, -0.1) is 0 Å². The van der Waals surface area contributed by atoms with Crippen molar-refractivity contribution in [3.05, 3.63) is 59.7 Å². The summed E-state index contributed by atoms with van der Waals surface area (Å²) in [5, 5.41) is 3.15. The van der Waals surface area contributed by atoms with Crippen LogP contribution in [0.2, 0.25) is 0 Å². The second kappa shape index (κ2) is 6.24. The molecule has 1 aromatic carbocycles. The van der Waals surface area contributed by atoms with Gasteiger partial charge in [-0.05, 0) is 30.2 Å². The Kier molecular flexibility index (Phi) is 4.41. The number of thiocarbonyl (C=S) groups is 1. The van der Waals surface area contributed by atoms with Gasteiger partial charge in [0.05, 0.1) is 5.56 Å². The van der Waals surface area contributed by atoms with Crippen molar-refractivity contribution >= 4 is 22.9 Å². The maximum absolute atomic E-state index is 13.6. The summed E-state index contributed by atoms with van der Waals surface area (Å²) in [6, 6.07) is 8.62. The number of nitrogens with zero attached hydrogens (tertiary/aromatic N) is 1. The lowest BCUT2D eigenvalue weighted by Crippen LogP contribution is -2.16. The number of aromatic nitrogens is 1. The van der Waals surface area contributed by atoms with Gasteiger partial charge in [0, 0.05) is 24.6 Å². The average molecular weight is 275 g/mol. The maximum Gasteiger partial charge on any atom is 0.135 e. The van der Waals surface area contributed by atoms with Crippen molar-refractivity contribution in [2.45, 2.75) is 6.42 Å². The molecule has 0 aliphatic rings. The van der Waals surface area contributed by atoms with Gasteiger partial charge >= 0.3 is 0 Å². The second-order valence-electron chi connectivity index (χ2n) is 4.06. The first-order chi connectivity index (χ1) is 9.18. The molecule has 0 fully saturated rings. The molecule has 98 valence electrons. The van der Waals surface area contributed by atoms with Crippen LogP contribution in [0.5, 0.6) is 0 Å². The van der Waals surface area contributed by atoms with E-state index >= 15 is 0 Å². The van der Waals surface area contributed by atoms with Gasteiger partial charge in [0.2, 0.25) is 0 Å². The number of rotatable bonds is 5. The van der Waals surface area contributed by atoms with E-state index in [4.69, 9.17) is 18.0 Å². The fourth-order valence-corrected chi connectivity index (χ4v) is 2.02. The summed E-state index contributed by atoms with van der Waals surface area (Å²) in [6.07, 6.45) is 4.33. The molecule has 2 rings (SSSR count). The van der Waals surface area contributed by atoms with Crippen LogP contribution in [0.3, 0.4) is 0 Å². The molecule has 0 atom stereocenters. The molecule has 0 radical (unpaired) electrons. The van der Waals surface area contributed by atoms with E-state index in [1.165, 1.54) is 6.07 Å². The maximum atomic E-state index is 13.6. The summed E-state index contributed by atoms with van der Waals surface area (Å²) < 4.78 is 13.6. The van der Waals surface area contributed by atoms with Crippen molar-refractivity contribution < 1.29 is 4.39 Å². The molecule has 0 aliphatic heterocycles. The third kappa shape index (κ3) is 3.48. The topological polar surface area (TPSA) is 50.9 Å². The zero-order chi connectivity index (χ0) is 13.7. The van der Waals surface area contributed by atoms with Gasteiger partial charge in [-0.25, -0.2) is 4.39 Å². The van der Waals surface area contributed by atoms with Crippen molar-refractivity contribution in [1.29, 1.82) is 0 Å². The van der Waals surface area contributed by atoms with Crippen LogP contribution in [0.4, 0.5) is 10.1 Å². The normalized spacial score (nSPS) is 10.2. The van der Waals surface area contributed by atoms with Crippen molar-refractivity contribution in [1.82, 2.24) is 4.98 Å². The fraction of sp³-hybridized carbons (Fsp3) is 0.143. The van der Waals surface area contributed by atoms with Crippen LogP contribution < -0.4 is 11.1 Å². The van der Waals surface area contributed by atoms with Crippen LogP contribution in [0, 0.1) is 5.82 Å². The van der Waals surface area contributed by atoms with E-state index in [-0.39, 0.29) is 10.6 Å². The first-order valence-corrected chi connectivity index (χ1v) is 6.30. The molecule has 0 spiro atoms. The number of anilines is 1.